The lowest BCUT2D eigenvalue weighted by molar-refractivity contribution is 0.0983. The molecule has 0 aliphatic carbocycles. The Morgan fingerprint density at radius 1 is 0.912 bits per heavy atom. The number of fused-ring (bicyclic) bond motifs is 2. The van der Waals surface area contributed by atoms with Gasteiger partial charge in [0.25, 0.3) is 11.8 Å². The van der Waals surface area contributed by atoms with Gasteiger partial charge in [-0.05, 0) is 66.6 Å². The van der Waals surface area contributed by atoms with Crippen LogP contribution in [0.15, 0.2) is 85.1 Å². The quantitative estimate of drug-likeness (QED) is 0.460. The largest absolute Gasteiger partial charge is 0.496 e. The highest BCUT2D eigenvalue weighted by atomic mass is 16.5. The highest BCUT2D eigenvalue weighted by Gasteiger charge is 2.25. The Labute approximate surface area is 198 Å². The molecule has 4 aromatic rings. The Balaban J connectivity index is 1.42. The number of benzene rings is 3. The molecule has 0 bridgehead atoms. The number of carbonyl (C=O) groups excluding carboxylic acids is 2. The number of carbonyl (C=O) groups is 2. The van der Waals surface area contributed by atoms with Gasteiger partial charge in [0.1, 0.15) is 5.75 Å². The molecule has 1 aliphatic rings. The number of methoxy groups -OCH3 is 1. The number of hydrogen-bond acceptors (Lipinski definition) is 3. The van der Waals surface area contributed by atoms with Gasteiger partial charge in [-0.1, -0.05) is 30.3 Å². The number of aryl methyl sites for hydroxylation is 1. The topological polar surface area (TPSA) is 63.6 Å². The molecule has 0 fully saturated rings. The number of hydrogen-bond donors (Lipinski definition) is 1. The van der Waals surface area contributed by atoms with Gasteiger partial charge < -0.3 is 19.5 Å². The van der Waals surface area contributed by atoms with Crippen LogP contribution >= 0.6 is 0 Å². The molecule has 5 rings (SSSR count). The summed E-state index contributed by atoms with van der Waals surface area (Å²) in [4.78, 5) is 28.3. The highest BCUT2D eigenvalue weighted by Crippen LogP contribution is 2.30. The van der Waals surface area contributed by atoms with Crippen LogP contribution in [0.1, 0.15) is 37.5 Å². The van der Waals surface area contributed by atoms with Crippen molar-refractivity contribution >= 4 is 23.2 Å². The molecule has 170 valence electrons. The Hall–Kier alpha value is -4.32. The zero-order valence-corrected chi connectivity index (χ0v) is 19.1. The lowest BCUT2D eigenvalue weighted by Crippen LogP contribution is -2.30. The number of ether oxygens (including phenoxy) is 1. The van der Waals surface area contributed by atoms with Crippen LogP contribution in [0.25, 0.3) is 0 Å². The Kier molecular flexibility index (Phi) is 5.64. The molecule has 1 aliphatic heterocycles. The molecule has 2 amide bonds. The average molecular weight is 452 g/mol. The maximum Gasteiger partial charge on any atom is 0.259 e. The van der Waals surface area contributed by atoms with Gasteiger partial charge in [0, 0.05) is 35.4 Å². The van der Waals surface area contributed by atoms with Gasteiger partial charge in [-0.25, -0.2) is 0 Å². The Morgan fingerprint density at radius 2 is 1.71 bits per heavy atom. The molecule has 34 heavy (non-hydrogen) atoms. The van der Waals surface area contributed by atoms with E-state index in [1.165, 1.54) is 7.11 Å². The van der Waals surface area contributed by atoms with E-state index in [4.69, 9.17) is 4.74 Å². The van der Waals surface area contributed by atoms with Crippen LogP contribution in [0.5, 0.6) is 5.75 Å². The SMILES string of the molecule is COc1ccccc1C(=O)Nc1ccc(C(=O)N2Cc3cccn3Cc3ccccc32)cc1C. The molecule has 0 saturated heterocycles. The van der Waals surface area contributed by atoms with Gasteiger partial charge in [0.2, 0.25) is 0 Å². The van der Waals surface area contributed by atoms with E-state index in [0.717, 1.165) is 29.1 Å². The number of para-hydroxylation sites is 2. The monoisotopic (exact) mass is 451 g/mol. The van der Waals surface area contributed by atoms with E-state index in [1.807, 2.05) is 60.5 Å². The summed E-state index contributed by atoms with van der Waals surface area (Å²) in [7, 11) is 1.54. The number of anilines is 2. The van der Waals surface area contributed by atoms with Crippen molar-refractivity contribution in [2.75, 3.05) is 17.3 Å². The van der Waals surface area contributed by atoms with E-state index >= 15 is 0 Å². The summed E-state index contributed by atoms with van der Waals surface area (Å²) in [6.45, 7) is 3.11. The molecule has 2 heterocycles. The summed E-state index contributed by atoms with van der Waals surface area (Å²) in [6.07, 6.45) is 2.05. The average Bonchev–Trinajstić information content (AvgIpc) is 3.23. The molecule has 6 heteroatoms. The normalized spacial score (nSPS) is 12.4. The van der Waals surface area contributed by atoms with Crippen LogP contribution in [-0.2, 0) is 13.1 Å². The minimum absolute atomic E-state index is 0.0761. The molecular formula is C28H25N3O3. The van der Waals surface area contributed by atoms with Crippen LogP contribution in [0.2, 0.25) is 0 Å². The first-order chi connectivity index (χ1) is 16.5. The second-order valence-corrected chi connectivity index (χ2v) is 8.33. The van der Waals surface area contributed by atoms with Crippen molar-refractivity contribution in [3.63, 3.8) is 0 Å². The van der Waals surface area contributed by atoms with Gasteiger partial charge in [-0.3, -0.25) is 9.59 Å². The third-order valence-electron chi connectivity index (χ3n) is 6.19. The van der Waals surface area contributed by atoms with E-state index in [9.17, 15) is 9.59 Å². The minimum atomic E-state index is -0.262. The second kappa shape index (κ2) is 8.90. The van der Waals surface area contributed by atoms with Crippen LogP contribution < -0.4 is 15.0 Å². The lowest BCUT2D eigenvalue weighted by Gasteiger charge is -2.23. The van der Waals surface area contributed by atoms with E-state index in [1.54, 1.807) is 30.3 Å². The number of amides is 2. The molecular weight excluding hydrogens is 426 g/mol. The number of nitrogens with one attached hydrogen (secondary N) is 1. The second-order valence-electron chi connectivity index (χ2n) is 8.33. The van der Waals surface area contributed by atoms with Crippen molar-refractivity contribution in [1.29, 1.82) is 0 Å². The maximum absolute atomic E-state index is 13.7. The van der Waals surface area contributed by atoms with E-state index in [0.29, 0.717) is 29.1 Å². The first kappa shape index (κ1) is 21.5. The summed E-state index contributed by atoms with van der Waals surface area (Å²) in [5.74, 6) is 0.170. The first-order valence-electron chi connectivity index (χ1n) is 11.1. The Bertz CT molecular complexity index is 1390. The molecule has 6 nitrogen and oxygen atoms in total. The zero-order valence-electron chi connectivity index (χ0n) is 19.1. The molecule has 3 aromatic carbocycles. The fourth-order valence-corrected chi connectivity index (χ4v) is 4.38. The predicted molar refractivity (Wildman–Crippen MR) is 133 cm³/mol. The smallest absolute Gasteiger partial charge is 0.259 e. The maximum atomic E-state index is 13.7. The van der Waals surface area contributed by atoms with E-state index < -0.39 is 0 Å². The molecule has 0 saturated carbocycles. The van der Waals surface area contributed by atoms with Crippen molar-refractivity contribution in [1.82, 2.24) is 4.57 Å². The summed E-state index contributed by atoms with van der Waals surface area (Å²) in [5.41, 5.74) is 5.59. The summed E-state index contributed by atoms with van der Waals surface area (Å²) in [5, 5.41) is 2.93. The standard InChI is InChI=1S/C28H25N3O3/c1-19-16-20(13-14-24(19)29-27(32)23-10-4-6-12-26(23)34-2)28(33)31-18-22-9-7-15-30(22)17-21-8-3-5-11-25(21)31/h3-16H,17-18H2,1-2H3,(H,29,32). The van der Waals surface area contributed by atoms with Crippen LogP contribution in [0, 0.1) is 6.92 Å². The minimum Gasteiger partial charge on any atom is -0.496 e. The molecule has 1 N–H and O–H groups in total. The van der Waals surface area contributed by atoms with Crippen molar-refractivity contribution < 1.29 is 14.3 Å². The third-order valence-corrected chi connectivity index (χ3v) is 6.19. The van der Waals surface area contributed by atoms with Crippen molar-refractivity contribution in [2.24, 2.45) is 0 Å². The zero-order chi connectivity index (χ0) is 23.7. The van der Waals surface area contributed by atoms with Gasteiger partial charge >= 0.3 is 0 Å². The third kappa shape index (κ3) is 3.94. The van der Waals surface area contributed by atoms with Gasteiger partial charge in [0.05, 0.1) is 19.2 Å². The van der Waals surface area contributed by atoms with Crippen molar-refractivity contribution in [3.8, 4) is 5.75 Å². The van der Waals surface area contributed by atoms with Crippen LogP contribution in [-0.4, -0.2) is 23.5 Å². The van der Waals surface area contributed by atoms with Gasteiger partial charge in [0.15, 0.2) is 0 Å². The summed E-state index contributed by atoms with van der Waals surface area (Å²) in [6, 6.07) is 24.5. The number of rotatable bonds is 4. The van der Waals surface area contributed by atoms with Gasteiger partial charge in [-0.2, -0.15) is 0 Å². The van der Waals surface area contributed by atoms with Gasteiger partial charge in [-0.15, -0.1) is 0 Å². The number of nitrogens with zero attached hydrogens (tertiary/aromatic N) is 2. The first-order valence-corrected chi connectivity index (χ1v) is 11.1. The van der Waals surface area contributed by atoms with Crippen LogP contribution in [0.3, 0.4) is 0 Å². The molecule has 0 unspecified atom stereocenters. The fraction of sp³-hybridized carbons (Fsp3) is 0.143. The summed E-state index contributed by atoms with van der Waals surface area (Å²) >= 11 is 0. The fourth-order valence-electron chi connectivity index (χ4n) is 4.38. The molecule has 0 atom stereocenters. The molecule has 0 spiro atoms. The van der Waals surface area contributed by atoms with Crippen molar-refractivity contribution in [3.05, 3.63) is 113 Å². The molecule has 1 aromatic heterocycles. The van der Waals surface area contributed by atoms with Crippen LogP contribution in [0.4, 0.5) is 11.4 Å². The summed E-state index contributed by atoms with van der Waals surface area (Å²) < 4.78 is 7.47. The number of aromatic nitrogens is 1. The highest BCUT2D eigenvalue weighted by molar-refractivity contribution is 6.08. The lowest BCUT2D eigenvalue weighted by atomic mass is 10.1. The predicted octanol–water partition coefficient (Wildman–Crippen LogP) is 5.27. The Morgan fingerprint density at radius 3 is 2.53 bits per heavy atom. The van der Waals surface area contributed by atoms with Crippen molar-refractivity contribution in [2.45, 2.75) is 20.0 Å². The molecule has 0 radical (unpaired) electrons. The van der Waals surface area contributed by atoms with E-state index in [-0.39, 0.29) is 11.8 Å². The van der Waals surface area contributed by atoms with E-state index in [2.05, 4.69) is 16.0 Å².